The van der Waals surface area contributed by atoms with Gasteiger partial charge < -0.3 is 10.3 Å². The van der Waals surface area contributed by atoms with Gasteiger partial charge in [-0.3, -0.25) is 0 Å². The number of sulfonamides is 1. The lowest BCUT2D eigenvalue weighted by Gasteiger charge is -2.16. The molecule has 8 nitrogen and oxygen atoms in total. The molecule has 0 spiro atoms. The van der Waals surface area contributed by atoms with E-state index in [1.807, 2.05) is 6.92 Å². The van der Waals surface area contributed by atoms with Crippen molar-refractivity contribution in [3.63, 3.8) is 0 Å². The second kappa shape index (κ2) is 6.79. The third kappa shape index (κ3) is 3.61. The van der Waals surface area contributed by atoms with Gasteiger partial charge in [-0.05, 0) is 18.8 Å². The lowest BCUT2D eigenvalue weighted by Crippen LogP contribution is -2.31. The third-order valence-electron chi connectivity index (χ3n) is 4.18. The van der Waals surface area contributed by atoms with Crippen molar-refractivity contribution in [2.24, 2.45) is 5.92 Å². The first-order chi connectivity index (χ1) is 11.1. The molecule has 9 heteroatoms. The summed E-state index contributed by atoms with van der Waals surface area (Å²) in [7, 11) is -3.10. The maximum Gasteiger partial charge on any atom is 0.214 e. The standard InChI is InChI=1S/C14H22N6O2S/c1-2-3-6-23(21,22)20-5-4-11(8-20)7-15-13-12-14(17-9-16-12)19-10-18-13/h9-11H,2-8H2,1H3,(H2,15,16,17,18,19). The highest BCUT2D eigenvalue weighted by Crippen LogP contribution is 2.22. The molecular weight excluding hydrogens is 316 g/mol. The molecule has 1 aliphatic heterocycles. The van der Waals surface area contributed by atoms with Crippen molar-refractivity contribution in [2.45, 2.75) is 26.2 Å². The summed E-state index contributed by atoms with van der Waals surface area (Å²) in [6.45, 7) is 3.88. The zero-order valence-electron chi connectivity index (χ0n) is 13.2. The minimum atomic E-state index is -3.10. The molecule has 1 unspecified atom stereocenters. The smallest absolute Gasteiger partial charge is 0.214 e. The zero-order chi connectivity index (χ0) is 16.3. The van der Waals surface area contributed by atoms with E-state index in [2.05, 4.69) is 25.3 Å². The summed E-state index contributed by atoms with van der Waals surface area (Å²) in [5, 5.41) is 3.29. The van der Waals surface area contributed by atoms with Crippen molar-refractivity contribution < 1.29 is 8.42 Å². The Hall–Kier alpha value is -1.74. The number of hydrogen-bond donors (Lipinski definition) is 2. The van der Waals surface area contributed by atoms with Crippen molar-refractivity contribution in [1.29, 1.82) is 0 Å². The Balaban J connectivity index is 1.57. The highest BCUT2D eigenvalue weighted by Gasteiger charge is 2.30. The molecule has 126 valence electrons. The minimum absolute atomic E-state index is 0.254. The van der Waals surface area contributed by atoms with Gasteiger partial charge in [-0.25, -0.2) is 27.7 Å². The van der Waals surface area contributed by atoms with E-state index in [-0.39, 0.29) is 5.75 Å². The van der Waals surface area contributed by atoms with Crippen molar-refractivity contribution in [1.82, 2.24) is 24.2 Å². The van der Waals surface area contributed by atoms with Crippen LogP contribution in [0.25, 0.3) is 11.2 Å². The van der Waals surface area contributed by atoms with E-state index < -0.39 is 10.0 Å². The molecule has 2 N–H and O–H groups in total. The van der Waals surface area contributed by atoms with E-state index in [1.54, 1.807) is 10.6 Å². The van der Waals surface area contributed by atoms with Crippen LogP contribution in [0.3, 0.4) is 0 Å². The van der Waals surface area contributed by atoms with Gasteiger partial charge in [0.2, 0.25) is 10.0 Å². The molecule has 1 fully saturated rings. The number of nitrogens with one attached hydrogen (secondary N) is 2. The Labute approximate surface area is 135 Å². The van der Waals surface area contributed by atoms with Crippen molar-refractivity contribution in [2.75, 3.05) is 30.7 Å². The minimum Gasteiger partial charge on any atom is -0.368 e. The highest BCUT2D eigenvalue weighted by molar-refractivity contribution is 7.89. The summed E-state index contributed by atoms with van der Waals surface area (Å²) in [6, 6.07) is 0. The molecular formula is C14H22N6O2S. The van der Waals surface area contributed by atoms with E-state index in [9.17, 15) is 8.42 Å². The molecule has 0 amide bonds. The fourth-order valence-electron chi connectivity index (χ4n) is 2.81. The van der Waals surface area contributed by atoms with Gasteiger partial charge >= 0.3 is 0 Å². The molecule has 2 aromatic rings. The van der Waals surface area contributed by atoms with Crippen LogP contribution in [0.4, 0.5) is 5.82 Å². The molecule has 0 saturated carbocycles. The molecule has 3 heterocycles. The molecule has 1 atom stereocenters. The van der Waals surface area contributed by atoms with Crippen molar-refractivity contribution >= 4 is 27.0 Å². The second-order valence-electron chi connectivity index (χ2n) is 5.89. The maximum atomic E-state index is 12.2. The van der Waals surface area contributed by atoms with Crippen LogP contribution in [-0.2, 0) is 10.0 Å². The van der Waals surface area contributed by atoms with Gasteiger partial charge in [-0.15, -0.1) is 0 Å². The molecule has 1 aliphatic rings. The van der Waals surface area contributed by atoms with E-state index in [4.69, 9.17) is 0 Å². The normalized spacial score (nSPS) is 19.4. The van der Waals surface area contributed by atoms with Gasteiger partial charge in [-0.1, -0.05) is 13.3 Å². The van der Waals surface area contributed by atoms with Crippen LogP contribution in [0.15, 0.2) is 12.7 Å². The fraction of sp³-hybridized carbons (Fsp3) is 0.643. The Kier molecular flexibility index (Phi) is 4.76. The number of H-pyrrole nitrogens is 1. The Morgan fingerprint density at radius 3 is 3.09 bits per heavy atom. The monoisotopic (exact) mass is 338 g/mol. The average molecular weight is 338 g/mol. The SMILES string of the molecule is CCCCS(=O)(=O)N1CCC(CNc2ncnc3nc[nH]c23)C1. The number of hydrogen-bond acceptors (Lipinski definition) is 6. The Bertz CT molecular complexity index is 759. The van der Waals surface area contributed by atoms with Crippen LogP contribution in [0.5, 0.6) is 0 Å². The summed E-state index contributed by atoms with van der Waals surface area (Å²) in [4.78, 5) is 15.4. The zero-order valence-corrected chi connectivity index (χ0v) is 14.0. The first-order valence-electron chi connectivity index (χ1n) is 7.96. The second-order valence-corrected chi connectivity index (χ2v) is 7.98. The number of unbranched alkanes of at least 4 members (excludes halogenated alkanes) is 1. The molecule has 0 aromatic carbocycles. The molecule has 0 bridgehead atoms. The number of fused-ring (bicyclic) bond motifs is 1. The first kappa shape index (κ1) is 16.1. The van der Waals surface area contributed by atoms with E-state index in [1.165, 1.54) is 6.33 Å². The lowest BCUT2D eigenvalue weighted by atomic mass is 10.1. The largest absolute Gasteiger partial charge is 0.368 e. The van der Waals surface area contributed by atoms with Gasteiger partial charge in [0.05, 0.1) is 12.1 Å². The van der Waals surface area contributed by atoms with Gasteiger partial charge in [0, 0.05) is 19.6 Å². The number of aromatic nitrogens is 4. The van der Waals surface area contributed by atoms with Crippen LogP contribution in [0, 0.1) is 5.92 Å². The summed E-state index contributed by atoms with van der Waals surface area (Å²) in [5.74, 6) is 1.25. The lowest BCUT2D eigenvalue weighted by molar-refractivity contribution is 0.460. The molecule has 1 saturated heterocycles. The van der Waals surface area contributed by atoms with Crippen LogP contribution in [-0.4, -0.2) is 58.0 Å². The number of nitrogens with zero attached hydrogens (tertiary/aromatic N) is 4. The number of rotatable bonds is 7. The van der Waals surface area contributed by atoms with E-state index in [0.717, 1.165) is 24.8 Å². The molecule has 3 rings (SSSR count). The topological polar surface area (TPSA) is 104 Å². The first-order valence-corrected chi connectivity index (χ1v) is 9.57. The van der Waals surface area contributed by atoms with E-state index in [0.29, 0.717) is 37.0 Å². The van der Waals surface area contributed by atoms with Crippen LogP contribution < -0.4 is 5.32 Å². The quantitative estimate of drug-likeness (QED) is 0.786. The summed E-state index contributed by atoms with van der Waals surface area (Å²) < 4.78 is 26.1. The van der Waals surface area contributed by atoms with Crippen LogP contribution in [0.1, 0.15) is 26.2 Å². The summed E-state index contributed by atoms with van der Waals surface area (Å²) in [5.41, 5.74) is 1.40. The van der Waals surface area contributed by atoms with Crippen LogP contribution >= 0.6 is 0 Å². The molecule has 2 aromatic heterocycles. The van der Waals surface area contributed by atoms with E-state index >= 15 is 0 Å². The number of aromatic amines is 1. The number of anilines is 1. The average Bonchev–Trinajstić information content (AvgIpc) is 3.20. The van der Waals surface area contributed by atoms with Gasteiger partial charge in [0.1, 0.15) is 11.8 Å². The van der Waals surface area contributed by atoms with Crippen molar-refractivity contribution in [3.8, 4) is 0 Å². The fourth-order valence-corrected chi connectivity index (χ4v) is 4.55. The maximum absolute atomic E-state index is 12.2. The van der Waals surface area contributed by atoms with Gasteiger partial charge in [-0.2, -0.15) is 0 Å². The van der Waals surface area contributed by atoms with Crippen molar-refractivity contribution in [3.05, 3.63) is 12.7 Å². The molecule has 23 heavy (non-hydrogen) atoms. The summed E-state index contributed by atoms with van der Waals surface area (Å²) in [6.07, 6.45) is 5.55. The highest BCUT2D eigenvalue weighted by atomic mass is 32.2. The third-order valence-corrected chi connectivity index (χ3v) is 6.10. The predicted molar refractivity (Wildman–Crippen MR) is 88.5 cm³/mol. The van der Waals surface area contributed by atoms with Crippen LogP contribution in [0.2, 0.25) is 0 Å². The Morgan fingerprint density at radius 1 is 1.39 bits per heavy atom. The number of imidazole rings is 1. The van der Waals surface area contributed by atoms with Gasteiger partial charge in [0.25, 0.3) is 0 Å². The predicted octanol–water partition coefficient (Wildman–Crippen LogP) is 1.22. The summed E-state index contributed by atoms with van der Waals surface area (Å²) >= 11 is 0. The Morgan fingerprint density at radius 2 is 2.26 bits per heavy atom. The molecule has 0 aliphatic carbocycles. The molecule has 0 radical (unpaired) electrons. The van der Waals surface area contributed by atoms with Gasteiger partial charge in [0.15, 0.2) is 11.5 Å².